The van der Waals surface area contributed by atoms with E-state index in [-0.39, 0.29) is 6.07 Å². The number of aliphatic hydroxyl groups excluding tert-OH is 1. The molecule has 0 aromatic carbocycles. The van der Waals surface area contributed by atoms with Gasteiger partial charge in [0.25, 0.3) is 0 Å². The molecule has 0 saturated carbocycles. The van der Waals surface area contributed by atoms with Gasteiger partial charge in [-0.05, 0) is 20.6 Å². The van der Waals surface area contributed by atoms with Gasteiger partial charge in [0.2, 0.25) is 0 Å². The van der Waals surface area contributed by atoms with E-state index in [1.165, 1.54) is 0 Å². The number of rotatable bonds is 1. The third-order valence-electron chi connectivity index (χ3n) is 0.632. The monoisotopic (exact) mass is 139 g/mol. The van der Waals surface area contributed by atoms with Crippen LogP contribution in [0.1, 0.15) is 6.92 Å². The van der Waals surface area contributed by atoms with Crippen molar-refractivity contribution in [2.24, 2.45) is 0 Å². The Morgan fingerprint density at radius 3 is 1.62 bits per heavy atom. The molecule has 0 aliphatic heterocycles. The summed E-state index contributed by atoms with van der Waals surface area (Å²) in [6, 6.07) is -0.278. The SMILES string of the molecule is CCN(C)C.OCCl. The predicted molar refractivity (Wildman–Crippen MR) is 37.2 cm³/mol. The Labute approximate surface area is 56.1 Å². The van der Waals surface area contributed by atoms with Crippen LogP contribution in [0.15, 0.2) is 0 Å². The molecule has 0 saturated heterocycles. The van der Waals surface area contributed by atoms with E-state index in [0.29, 0.717) is 0 Å². The van der Waals surface area contributed by atoms with Gasteiger partial charge >= 0.3 is 0 Å². The highest BCUT2D eigenvalue weighted by Crippen LogP contribution is 1.63. The van der Waals surface area contributed by atoms with Crippen molar-refractivity contribution in [1.29, 1.82) is 0 Å². The molecule has 0 bridgehead atoms. The summed E-state index contributed by atoms with van der Waals surface area (Å²) in [6.07, 6.45) is 0. The first-order valence-electron chi connectivity index (χ1n) is 2.50. The Kier molecular flexibility index (Phi) is 14.2. The van der Waals surface area contributed by atoms with Crippen LogP contribution in [0.5, 0.6) is 0 Å². The Bertz CT molecular complexity index is 33.6. The molecule has 0 spiro atoms. The molecule has 52 valence electrons. The summed E-state index contributed by atoms with van der Waals surface area (Å²) in [5.41, 5.74) is 0. The van der Waals surface area contributed by atoms with E-state index in [1.807, 2.05) is 0 Å². The lowest BCUT2D eigenvalue weighted by Crippen LogP contribution is -2.08. The second-order valence-corrected chi connectivity index (χ2v) is 1.75. The third kappa shape index (κ3) is 34.5. The standard InChI is InChI=1S/C4H11N.CH3ClO/c1-4-5(2)3;2-1-3/h4H2,1-3H3;3H,1H2. The second kappa shape index (κ2) is 10.2. The molecule has 0 unspecified atom stereocenters. The van der Waals surface area contributed by atoms with Crippen molar-refractivity contribution >= 4 is 11.6 Å². The van der Waals surface area contributed by atoms with Gasteiger partial charge in [-0.15, -0.1) is 0 Å². The van der Waals surface area contributed by atoms with Crippen molar-refractivity contribution in [1.82, 2.24) is 4.90 Å². The lowest BCUT2D eigenvalue weighted by molar-refractivity contribution is 0.370. The summed E-state index contributed by atoms with van der Waals surface area (Å²) in [5.74, 6) is 0. The fourth-order valence-corrected chi connectivity index (χ4v) is 0. The predicted octanol–water partition coefficient (Wildman–Crippen LogP) is 0.743. The van der Waals surface area contributed by atoms with Crippen LogP contribution in [0.2, 0.25) is 0 Å². The zero-order valence-electron chi connectivity index (χ0n) is 5.69. The fourth-order valence-electron chi connectivity index (χ4n) is 0. The molecular formula is C5H14ClNO. The Balaban J connectivity index is 0. The molecule has 1 N–H and O–H groups in total. The van der Waals surface area contributed by atoms with E-state index in [1.54, 1.807) is 0 Å². The molecule has 0 aromatic heterocycles. The molecule has 0 aliphatic rings. The lowest BCUT2D eigenvalue weighted by Gasteiger charge is -2.00. The zero-order valence-corrected chi connectivity index (χ0v) is 6.44. The minimum atomic E-state index is -0.278. The lowest BCUT2D eigenvalue weighted by atomic mass is 10.7. The first kappa shape index (κ1) is 11.1. The number of nitrogens with zero attached hydrogens (tertiary/aromatic N) is 1. The molecule has 8 heavy (non-hydrogen) atoms. The Morgan fingerprint density at radius 1 is 1.50 bits per heavy atom. The van der Waals surface area contributed by atoms with Gasteiger partial charge in [0.1, 0.15) is 6.07 Å². The van der Waals surface area contributed by atoms with Crippen LogP contribution in [0.3, 0.4) is 0 Å². The van der Waals surface area contributed by atoms with Crippen LogP contribution < -0.4 is 0 Å². The molecule has 0 aliphatic carbocycles. The topological polar surface area (TPSA) is 23.5 Å². The maximum absolute atomic E-state index is 7.33. The maximum atomic E-state index is 7.33. The minimum Gasteiger partial charge on any atom is -0.381 e. The number of hydrogen-bond donors (Lipinski definition) is 1. The summed E-state index contributed by atoms with van der Waals surface area (Å²) < 4.78 is 0. The average molecular weight is 140 g/mol. The summed E-state index contributed by atoms with van der Waals surface area (Å²) in [4.78, 5) is 2.12. The van der Waals surface area contributed by atoms with Crippen LogP contribution in [0.4, 0.5) is 0 Å². The van der Waals surface area contributed by atoms with Crippen LogP contribution in [-0.2, 0) is 0 Å². The molecule has 0 fully saturated rings. The summed E-state index contributed by atoms with van der Waals surface area (Å²) >= 11 is 4.55. The van der Waals surface area contributed by atoms with E-state index in [4.69, 9.17) is 5.11 Å². The van der Waals surface area contributed by atoms with E-state index in [0.717, 1.165) is 6.54 Å². The largest absolute Gasteiger partial charge is 0.381 e. The summed E-state index contributed by atoms with van der Waals surface area (Å²) in [6.45, 7) is 3.26. The first-order valence-corrected chi connectivity index (χ1v) is 3.04. The molecule has 0 atom stereocenters. The highest BCUT2D eigenvalue weighted by molar-refractivity contribution is 6.16. The van der Waals surface area contributed by atoms with Crippen molar-refractivity contribution in [2.75, 3.05) is 26.7 Å². The smallest absolute Gasteiger partial charge is 0.117 e. The molecule has 0 aromatic rings. The molecule has 3 heteroatoms. The highest BCUT2D eigenvalue weighted by Gasteiger charge is 1.72. The van der Waals surface area contributed by atoms with Crippen molar-refractivity contribution < 1.29 is 5.11 Å². The first-order chi connectivity index (χ1) is 3.68. The Morgan fingerprint density at radius 2 is 1.62 bits per heavy atom. The maximum Gasteiger partial charge on any atom is 0.117 e. The quantitative estimate of drug-likeness (QED) is 0.542. The van der Waals surface area contributed by atoms with E-state index in [2.05, 4.69) is 37.5 Å². The molecule has 0 rings (SSSR count). The van der Waals surface area contributed by atoms with Gasteiger partial charge in [-0.2, -0.15) is 0 Å². The number of alkyl halides is 1. The van der Waals surface area contributed by atoms with E-state index in [9.17, 15) is 0 Å². The molecule has 0 amide bonds. The van der Waals surface area contributed by atoms with Gasteiger partial charge in [0, 0.05) is 0 Å². The van der Waals surface area contributed by atoms with Gasteiger partial charge < -0.3 is 10.0 Å². The highest BCUT2D eigenvalue weighted by atomic mass is 35.5. The number of hydrogen-bond acceptors (Lipinski definition) is 2. The molecule has 0 heterocycles. The molecular weight excluding hydrogens is 126 g/mol. The fraction of sp³-hybridized carbons (Fsp3) is 1.00. The van der Waals surface area contributed by atoms with Crippen molar-refractivity contribution in [2.45, 2.75) is 6.92 Å². The van der Waals surface area contributed by atoms with E-state index >= 15 is 0 Å². The van der Waals surface area contributed by atoms with Gasteiger partial charge in [0.15, 0.2) is 0 Å². The third-order valence-corrected chi connectivity index (χ3v) is 0.632. The number of aliphatic hydroxyl groups is 1. The number of halogens is 1. The summed E-state index contributed by atoms with van der Waals surface area (Å²) in [7, 11) is 4.11. The van der Waals surface area contributed by atoms with Crippen LogP contribution in [-0.4, -0.2) is 36.7 Å². The normalized spacial score (nSPS) is 8.25. The van der Waals surface area contributed by atoms with Gasteiger partial charge in [0.05, 0.1) is 0 Å². The van der Waals surface area contributed by atoms with Crippen LogP contribution >= 0.6 is 11.6 Å². The minimum absolute atomic E-state index is 0.278. The van der Waals surface area contributed by atoms with Crippen molar-refractivity contribution in [3.05, 3.63) is 0 Å². The van der Waals surface area contributed by atoms with Crippen molar-refractivity contribution in [3.8, 4) is 0 Å². The summed E-state index contributed by atoms with van der Waals surface area (Å²) in [5, 5.41) is 7.33. The van der Waals surface area contributed by atoms with Gasteiger partial charge in [-0.1, -0.05) is 18.5 Å². The van der Waals surface area contributed by atoms with Crippen molar-refractivity contribution in [3.63, 3.8) is 0 Å². The van der Waals surface area contributed by atoms with Gasteiger partial charge in [-0.3, -0.25) is 0 Å². The van der Waals surface area contributed by atoms with Crippen LogP contribution in [0, 0.1) is 0 Å². The van der Waals surface area contributed by atoms with Gasteiger partial charge in [-0.25, -0.2) is 0 Å². The molecule has 0 radical (unpaired) electrons. The second-order valence-electron chi connectivity index (χ2n) is 1.52. The van der Waals surface area contributed by atoms with E-state index < -0.39 is 0 Å². The van der Waals surface area contributed by atoms with Crippen LogP contribution in [0.25, 0.3) is 0 Å². The zero-order chi connectivity index (χ0) is 6.99. The Hall–Kier alpha value is 0.210. The average Bonchev–Trinajstić information content (AvgIpc) is 1.69. The molecule has 2 nitrogen and oxygen atoms in total.